The van der Waals surface area contributed by atoms with Gasteiger partial charge in [0.25, 0.3) is 10.0 Å². The molecular weight excluding hydrogens is 324 g/mol. The molecule has 1 rings (SSSR count). The second-order valence-corrected chi connectivity index (χ2v) is 7.97. The molecule has 2 N–H and O–H groups in total. The van der Waals surface area contributed by atoms with E-state index in [-0.39, 0.29) is 4.21 Å². The molecule has 0 aliphatic carbocycles. The number of rotatable bonds is 8. The van der Waals surface area contributed by atoms with Crippen LogP contribution >= 0.6 is 11.3 Å². The monoisotopic (exact) mass is 346 g/mol. The molecule has 124 valence electrons. The molecule has 2 unspecified atom stereocenters. The standard InChI is InChI=1S/C14H22N2O4S2/c1-5-16(9-10(2)3)14(18)13(11(4)17)15-22(19,20)12-7-6-8-21-12/h6-8,11,13,15,17H,2,5,9H2,1,3-4H3. The van der Waals surface area contributed by atoms with Gasteiger partial charge < -0.3 is 10.0 Å². The van der Waals surface area contributed by atoms with Gasteiger partial charge in [0.1, 0.15) is 10.3 Å². The Bertz CT molecular complexity index is 609. The van der Waals surface area contributed by atoms with Crippen LogP contribution in [0.25, 0.3) is 0 Å². The fourth-order valence-corrected chi connectivity index (χ4v) is 4.14. The molecule has 0 aromatic carbocycles. The van der Waals surface area contributed by atoms with Crippen molar-refractivity contribution in [3.05, 3.63) is 29.7 Å². The summed E-state index contributed by atoms with van der Waals surface area (Å²) in [5.74, 6) is -0.472. The van der Waals surface area contributed by atoms with Gasteiger partial charge in [-0.3, -0.25) is 4.79 Å². The Morgan fingerprint density at radius 1 is 1.55 bits per heavy atom. The summed E-state index contributed by atoms with van der Waals surface area (Å²) in [6.45, 7) is 9.42. The van der Waals surface area contributed by atoms with Crippen LogP contribution in [0.4, 0.5) is 0 Å². The van der Waals surface area contributed by atoms with Crippen LogP contribution in [0.15, 0.2) is 33.9 Å². The van der Waals surface area contributed by atoms with Gasteiger partial charge in [-0.1, -0.05) is 18.2 Å². The lowest BCUT2D eigenvalue weighted by molar-refractivity contribution is -0.134. The summed E-state index contributed by atoms with van der Waals surface area (Å²) in [7, 11) is -3.84. The van der Waals surface area contributed by atoms with Crippen LogP contribution in [0.3, 0.4) is 0 Å². The second-order valence-electron chi connectivity index (χ2n) is 5.08. The molecular formula is C14H22N2O4S2. The minimum Gasteiger partial charge on any atom is -0.391 e. The van der Waals surface area contributed by atoms with Crippen molar-refractivity contribution >= 4 is 27.3 Å². The van der Waals surface area contributed by atoms with E-state index in [1.165, 1.54) is 17.9 Å². The predicted molar refractivity (Wildman–Crippen MR) is 87.2 cm³/mol. The Hall–Kier alpha value is -1.22. The van der Waals surface area contributed by atoms with Gasteiger partial charge in [0.2, 0.25) is 5.91 Å². The summed E-state index contributed by atoms with van der Waals surface area (Å²) in [5, 5.41) is 11.5. The summed E-state index contributed by atoms with van der Waals surface area (Å²) in [4.78, 5) is 14.0. The lowest BCUT2D eigenvalue weighted by Gasteiger charge is -2.28. The van der Waals surface area contributed by atoms with E-state index < -0.39 is 28.1 Å². The Labute approximate surface area is 135 Å². The van der Waals surface area contributed by atoms with Crippen molar-refractivity contribution in [3.8, 4) is 0 Å². The zero-order valence-corrected chi connectivity index (χ0v) is 14.6. The van der Waals surface area contributed by atoms with E-state index in [1.807, 2.05) is 0 Å². The van der Waals surface area contributed by atoms with Crippen molar-refractivity contribution < 1.29 is 18.3 Å². The highest BCUT2D eigenvalue weighted by Crippen LogP contribution is 2.17. The highest BCUT2D eigenvalue weighted by Gasteiger charge is 2.32. The van der Waals surface area contributed by atoms with Crippen LogP contribution in [0, 0.1) is 0 Å². The molecule has 0 saturated carbocycles. The average molecular weight is 346 g/mol. The third-order valence-corrected chi connectivity index (χ3v) is 5.78. The summed E-state index contributed by atoms with van der Waals surface area (Å²) in [6, 6.07) is 1.83. The van der Waals surface area contributed by atoms with E-state index in [4.69, 9.17) is 0 Å². The summed E-state index contributed by atoms with van der Waals surface area (Å²) in [5.41, 5.74) is 0.778. The Kier molecular flexibility index (Phi) is 6.73. The summed E-state index contributed by atoms with van der Waals surface area (Å²) >= 11 is 1.05. The van der Waals surface area contributed by atoms with Crippen molar-refractivity contribution in [1.82, 2.24) is 9.62 Å². The van der Waals surface area contributed by atoms with Gasteiger partial charge in [0.05, 0.1) is 6.10 Å². The van der Waals surface area contributed by atoms with Gasteiger partial charge in [-0.25, -0.2) is 8.42 Å². The molecule has 1 aromatic heterocycles. The third-order valence-electron chi connectivity index (χ3n) is 2.94. The van der Waals surface area contributed by atoms with E-state index in [0.29, 0.717) is 13.1 Å². The number of amides is 1. The van der Waals surface area contributed by atoms with E-state index in [2.05, 4.69) is 11.3 Å². The van der Waals surface area contributed by atoms with Gasteiger partial charge >= 0.3 is 0 Å². The number of hydrogen-bond donors (Lipinski definition) is 2. The maximum Gasteiger partial charge on any atom is 0.250 e. The molecule has 8 heteroatoms. The number of nitrogens with zero attached hydrogens (tertiary/aromatic N) is 1. The number of aliphatic hydroxyl groups is 1. The molecule has 22 heavy (non-hydrogen) atoms. The first-order valence-electron chi connectivity index (χ1n) is 6.86. The van der Waals surface area contributed by atoms with E-state index >= 15 is 0 Å². The second kappa shape index (κ2) is 7.87. The topological polar surface area (TPSA) is 86.7 Å². The van der Waals surface area contributed by atoms with Crippen molar-refractivity contribution in [2.24, 2.45) is 0 Å². The lowest BCUT2D eigenvalue weighted by Crippen LogP contribution is -2.53. The van der Waals surface area contributed by atoms with Crippen molar-refractivity contribution in [2.75, 3.05) is 13.1 Å². The van der Waals surface area contributed by atoms with Crippen LogP contribution in [0.5, 0.6) is 0 Å². The van der Waals surface area contributed by atoms with Crippen LogP contribution in [0.2, 0.25) is 0 Å². The maximum absolute atomic E-state index is 12.5. The van der Waals surface area contributed by atoms with Gasteiger partial charge in [0.15, 0.2) is 0 Å². The molecule has 1 aromatic rings. The number of likely N-dealkylation sites (N-methyl/N-ethyl adjacent to an activating group) is 1. The molecule has 0 aliphatic rings. The predicted octanol–water partition coefficient (Wildman–Crippen LogP) is 1.20. The average Bonchev–Trinajstić information content (AvgIpc) is 2.95. The molecule has 0 aliphatic heterocycles. The first-order chi connectivity index (χ1) is 10.2. The first kappa shape index (κ1) is 18.8. The number of sulfonamides is 1. The Morgan fingerprint density at radius 2 is 2.18 bits per heavy atom. The normalized spacial score (nSPS) is 14.4. The van der Waals surface area contributed by atoms with Crippen LogP contribution in [-0.4, -0.2) is 49.6 Å². The van der Waals surface area contributed by atoms with Crippen LogP contribution < -0.4 is 4.72 Å². The molecule has 0 fully saturated rings. The first-order valence-corrected chi connectivity index (χ1v) is 9.22. The number of carbonyl (C=O) groups excluding carboxylic acids is 1. The molecule has 6 nitrogen and oxygen atoms in total. The van der Waals surface area contributed by atoms with Crippen LogP contribution in [0.1, 0.15) is 20.8 Å². The zero-order valence-electron chi connectivity index (χ0n) is 12.9. The quantitative estimate of drug-likeness (QED) is 0.693. The highest BCUT2D eigenvalue weighted by molar-refractivity contribution is 7.91. The lowest BCUT2D eigenvalue weighted by atomic mass is 10.1. The molecule has 0 saturated heterocycles. The van der Waals surface area contributed by atoms with E-state index in [1.54, 1.807) is 25.3 Å². The number of aliphatic hydroxyl groups excluding tert-OH is 1. The largest absolute Gasteiger partial charge is 0.391 e. The molecule has 0 bridgehead atoms. The molecule has 1 amide bonds. The fraction of sp³-hybridized carbons (Fsp3) is 0.500. The molecule has 0 spiro atoms. The molecule has 0 radical (unpaired) electrons. The highest BCUT2D eigenvalue weighted by atomic mass is 32.2. The Morgan fingerprint density at radius 3 is 2.59 bits per heavy atom. The third kappa shape index (κ3) is 4.91. The van der Waals surface area contributed by atoms with Gasteiger partial charge in [0, 0.05) is 13.1 Å². The Balaban J connectivity index is 2.99. The number of hydrogen-bond acceptors (Lipinski definition) is 5. The molecule has 1 heterocycles. The van der Waals surface area contributed by atoms with Gasteiger partial charge in [-0.05, 0) is 32.2 Å². The number of carbonyl (C=O) groups is 1. The van der Waals surface area contributed by atoms with Crippen molar-refractivity contribution in [1.29, 1.82) is 0 Å². The van der Waals surface area contributed by atoms with Gasteiger partial charge in [-0.15, -0.1) is 11.3 Å². The van der Waals surface area contributed by atoms with Gasteiger partial charge in [-0.2, -0.15) is 4.72 Å². The number of thiophene rings is 1. The maximum atomic E-state index is 12.5. The molecule has 2 atom stereocenters. The summed E-state index contributed by atoms with van der Waals surface area (Å²) < 4.78 is 26.9. The van der Waals surface area contributed by atoms with Crippen LogP contribution in [-0.2, 0) is 14.8 Å². The minimum absolute atomic E-state index is 0.105. The minimum atomic E-state index is -3.84. The zero-order chi connectivity index (χ0) is 16.9. The number of nitrogens with one attached hydrogen (secondary N) is 1. The van der Waals surface area contributed by atoms with E-state index in [0.717, 1.165) is 16.9 Å². The SMILES string of the molecule is C=C(C)CN(CC)C(=O)C(NS(=O)(=O)c1cccs1)C(C)O. The van der Waals surface area contributed by atoms with E-state index in [9.17, 15) is 18.3 Å². The summed E-state index contributed by atoms with van der Waals surface area (Å²) in [6.07, 6.45) is -1.15. The smallest absolute Gasteiger partial charge is 0.250 e. The fourth-order valence-electron chi connectivity index (χ4n) is 1.86. The van der Waals surface area contributed by atoms with Crippen molar-refractivity contribution in [3.63, 3.8) is 0 Å². The van der Waals surface area contributed by atoms with Crippen molar-refractivity contribution in [2.45, 2.75) is 37.1 Å².